The summed E-state index contributed by atoms with van der Waals surface area (Å²) >= 11 is 0. The van der Waals surface area contributed by atoms with Crippen molar-refractivity contribution in [1.82, 2.24) is 9.57 Å². The second-order valence-corrected chi connectivity index (χ2v) is 11.0. The Morgan fingerprint density at radius 3 is 1.97 bits per heavy atom. The van der Waals surface area contributed by atoms with Gasteiger partial charge < -0.3 is 4.74 Å². The average molecular weight is 413 g/mol. The van der Waals surface area contributed by atoms with E-state index in [0.29, 0.717) is 0 Å². The zero-order chi connectivity index (χ0) is 20.1. The standard InChI is InChI=1S/C24H33N2O2P/c1-28-22-15-13-21(14-16-22)24(25-17-7-3-8-18-25)29(27,23-11-5-2-6-12-23)26-19-9-4-10-20-26/h2,5-6,11-16,24H,3-4,7-10,17-20H2,1H3/t24-,29+/m1/s1. The summed E-state index contributed by atoms with van der Waals surface area (Å²) in [5.41, 5.74) is 1.14. The molecule has 0 amide bonds. The minimum Gasteiger partial charge on any atom is -0.497 e. The first-order valence-electron chi connectivity index (χ1n) is 11.0. The molecule has 0 aromatic heterocycles. The number of benzene rings is 2. The Morgan fingerprint density at radius 2 is 1.38 bits per heavy atom. The van der Waals surface area contributed by atoms with Crippen LogP contribution in [0.4, 0.5) is 0 Å². The number of likely N-dealkylation sites (tertiary alicyclic amines) is 1. The fourth-order valence-corrected chi connectivity index (χ4v) is 8.49. The van der Waals surface area contributed by atoms with Gasteiger partial charge in [-0.3, -0.25) is 9.46 Å². The molecule has 0 saturated carbocycles. The summed E-state index contributed by atoms with van der Waals surface area (Å²) < 4.78 is 22.9. The predicted octanol–water partition coefficient (Wildman–Crippen LogP) is 5.27. The van der Waals surface area contributed by atoms with Crippen molar-refractivity contribution < 1.29 is 9.30 Å². The van der Waals surface area contributed by atoms with E-state index >= 15 is 4.57 Å². The molecule has 2 aromatic carbocycles. The lowest BCUT2D eigenvalue weighted by molar-refractivity contribution is 0.198. The zero-order valence-electron chi connectivity index (χ0n) is 17.5. The summed E-state index contributed by atoms with van der Waals surface area (Å²) in [4.78, 5) is 2.49. The first-order valence-corrected chi connectivity index (χ1v) is 12.7. The van der Waals surface area contributed by atoms with Gasteiger partial charge in [0, 0.05) is 18.4 Å². The van der Waals surface area contributed by atoms with Crippen LogP contribution in [0.1, 0.15) is 49.9 Å². The van der Waals surface area contributed by atoms with Crippen LogP contribution in [-0.4, -0.2) is 42.9 Å². The molecule has 2 fully saturated rings. The van der Waals surface area contributed by atoms with Gasteiger partial charge in [0.25, 0.3) is 0 Å². The van der Waals surface area contributed by atoms with E-state index in [9.17, 15) is 0 Å². The fourth-order valence-electron chi connectivity index (χ4n) is 4.85. The van der Waals surface area contributed by atoms with E-state index in [-0.39, 0.29) is 5.78 Å². The highest BCUT2D eigenvalue weighted by atomic mass is 31.2. The third-order valence-electron chi connectivity index (χ3n) is 6.36. The highest BCUT2D eigenvalue weighted by Gasteiger charge is 2.45. The number of rotatable bonds is 6. The molecule has 0 aliphatic carbocycles. The molecular weight excluding hydrogens is 379 g/mol. The maximum atomic E-state index is 15.2. The van der Waals surface area contributed by atoms with Crippen LogP contribution in [0.15, 0.2) is 54.6 Å². The quantitative estimate of drug-likeness (QED) is 0.605. The minimum atomic E-state index is -2.85. The SMILES string of the molecule is COc1ccc([C@H](N2CCCCC2)[P@@](=O)(c2ccccc2)N2CCCCC2)cc1. The monoisotopic (exact) mass is 412 g/mol. The molecule has 0 unspecified atom stereocenters. The number of piperidine rings is 2. The van der Waals surface area contributed by atoms with Crippen molar-refractivity contribution in [1.29, 1.82) is 0 Å². The van der Waals surface area contributed by atoms with Gasteiger partial charge in [0.05, 0.1) is 7.11 Å². The molecule has 0 bridgehead atoms. The van der Waals surface area contributed by atoms with E-state index in [1.54, 1.807) is 7.11 Å². The third kappa shape index (κ3) is 4.30. The van der Waals surface area contributed by atoms with Crippen LogP contribution in [0.3, 0.4) is 0 Å². The summed E-state index contributed by atoms with van der Waals surface area (Å²) in [5, 5.41) is 0.994. The molecule has 5 heteroatoms. The first-order chi connectivity index (χ1) is 14.2. The van der Waals surface area contributed by atoms with E-state index < -0.39 is 7.29 Å². The molecule has 2 aliphatic rings. The number of hydrogen-bond donors (Lipinski definition) is 0. The molecule has 0 N–H and O–H groups in total. The molecule has 0 radical (unpaired) electrons. The van der Waals surface area contributed by atoms with E-state index in [4.69, 9.17) is 4.74 Å². The van der Waals surface area contributed by atoms with E-state index in [0.717, 1.165) is 55.6 Å². The molecule has 29 heavy (non-hydrogen) atoms. The Morgan fingerprint density at radius 1 is 0.793 bits per heavy atom. The molecule has 156 valence electrons. The second-order valence-electron chi connectivity index (χ2n) is 8.22. The summed E-state index contributed by atoms with van der Waals surface area (Å²) in [6, 6.07) is 18.5. The normalized spacial score (nSPS) is 22.0. The van der Waals surface area contributed by atoms with Crippen molar-refractivity contribution in [3.05, 3.63) is 60.2 Å². The number of ether oxygens (including phenoxy) is 1. The Balaban J connectivity index is 1.83. The van der Waals surface area contributed by atoms with E-state index in [1.807, 2.05) is 30.3 Å². The molecule has 2 heterocycles. The van der Waals surface area contributed by atoms with Gasteiger partial charge in [0.1, 0.15) is 11.5 Å². The summed E-state index contributed by atoms with van der Waals surface area (Å²) in [5.74, 6) is 0.743. The van der Waals surface area contributed by atoms with Crippen LogP contribution in [-0.2, 0) is 4.57 Å². The van der Waals surface area contributed by atoms with Gasteiger partial charge in [-0.25, -0.2) is 4.67 Å². The topological polar surface area (TPSA) is 32.8 Å². The Bertz CT molecular complexity index is 813. The van der Waals surface area contributed by atoms with Crippen LogP contribution in [0.5, 0.6) is 5.75 Å². The molecule has 4 nitrogen and oxygen atoms in total. The van der Waals surface area contributed by atoms with Crippen LogP contribution in [0.25, 0.3) is 0 Å². The molecule has 2 atom stereocenters. The molecule has 2 saturated heterocycles. The highest BCUT2D eigenvalue weighted by Crippen LogP contribution is 2.63. The Labute approximate surface area is 175 Å². The van der Waals surface area contributed by atoms with Crippen molar-refractivity contribution >= 4 is 12.6 Å². The lowest BCUT2D eigenvalue weighted by Crippen LogP contribution is -2.41. The molecular formula is C24H33N2O2P. The molecule has 0 spiro atoms. The van der Waals surface area contributed by atoms with Gasteiger partial charge in [0.2, 0.25) is 0 Å². The van der Waals surface area contributed by atoms with Crippen molar-refractivity contribution in [2.45, 2.75) is 44.3 Å². The lowest BCUT2D eigenvalue weighted by atomic mass is 10.1. The predicted molar refractivity (Wildman–Crippen MR) is 120 cm³/mol. The van der Waals surface area contributed by atoms with Gasteiger partial charge in [-0.1, -0.05) is 55.3 Å². The van der Waals surface area contributed by atoms with Gasteiger partial charge in [-0.15, -0.1) is 0 Å². The smallest absolute Gasteiger partial charge is 0.199 e. The van der Waals surface area contributed by atoms with Crippen molar-refractivity contribution in [2.75, 3.05) is 33.3 Å². The second kappa shape index (κ2) is 9.47. The largest absolute Gasteiger partial charge is 0.497 e. The highest BCUT2D eigenvalue weighted by molar-refractivity contribution is 7.69. The number of hydrogen-bond acceptors (Lipinski definition) is 3. The maximum absolute atomic E-state index is 15.2. The lowest BCUT2D eigenvalue weighted by Gasteiger charge is -2.45. The van der Waals surface area contributed by atoms with Crippen LogP contribution in [0.2, 0.25) is 0 Å². The van der Waals surface area contributed by atoms with Crippen molar-refractivity contribution in [2.24, 2.45) is 0 Å². The third-order valence-corrected chi connectivity index (χ3v) is 9.93. The molecule has 4 rings (SSSR count). The van der Waals surface area contributed by atoms with E-state index in [2.05, 4.69) is 33.8 Å². The summed E-state index contributed by atoms with van der Waals surface area (Å²) in [6.07, 6.45) is 7.13. The van der Waals surface area contributed by atoms with Crippen molar-refractivity contribution in [3.63, 3.8) is 0 Å². The summed E-state index contributed by atoms with van der Waals surface area (Å²) in [7, 11) is -1.16. The fraction of sp³-hybridized carbons (Fsp3) is 0.500. The van der Waals surface area contributed by atoms with Crippen molar-refractivity contribution in [3.8, 4) is 5.75 Å². The average Bonchev–Trinajstić information content (AvgIpc) is 2.81. The van der Waals surface area contributed by atoms with E-state index in [1.165, 1.54) is 25.7 Å². The van der Waals surface area contributed by atoms with Crippen LogP contribution in [0, 0.1) is 0 Å². The maximum Gasteiger partial charge on any atom is 0.199 e. The van der Waals surface area contributed by atoms with Gasteiger partial charge >= 0.3 is 0 Å². The van der Waals surface area contributed by atoms with Gasteiger partial charge in [0.15, 0.2) is 7.29 Å². The number of methoxy groups -OCH3 is 1. The minimum absolute atomic E-state index is 0.103. The summed E-state index contributed by atoms with van der Waals surface area (Å²) in [6.45, 7) is 3.88. The Kier molecular flexibility index (Phi) is 6.74. The van der Waals surface area contributed by atoms with Gasteiger partial charge in [-0.05, 0) is 56.5 Å². The Hall–Kier alpha value is -1.61. The number of nitrogens with zero attached hydrogens (tertiary/aromatic N) is 2. The van der Waals surface area contributed by atoms with Crippen LogP contribution >= 0.6 is 7.29 Å². The first kappa shape index (κ1) is 20.7. The molecule has 2 aromatic rings. The molecule has 2 aliphatic heterocycles. The van der Waals surface area contributed by atoms with Gasteiger partial charge in [-0.2, -0.15) is 0 Å². The van der Waals surface area contributed by atoms with Crippen LogP contribution < -0.4 is 10.0 Å². The zero-order valence-corrected chi connectivity index (χ0v) is 18.4.